The zero-order valence-electron chi connectivity index (χ0n) is 30.2. The van der Waals surface area contributed by atoms with E-state index in [9.17, 15) is 25.8 Å². The second kappa shape index (κ2) is 15.5. The van der Waals surface area contributed by atoms with Gasteiger partial charge in [-0.25, -0.2) is 0 Å². The molecular weight excluding hydrogens is 719 g/mol. The number of esters is 1. The van der Waals surface area contributed by atoms with E-state index < -0.39 is 0 Å². The number of hydrogen-bond donors (Lipinski definition) is 0. The van der Waals surface area contributed by atoms with Gasteiger partial charge in [-0.2, -0.15) is 21.0 Å². The van der Waals surface area contributed by atoms with Crippen LogP contribution in [-0.2, 0) is 16.0 Å². The minimum atomic E-state index is -0.324. The summed E-state index contributed by atoms with van der Waals surface area (Å²) < 4.78 is 6.18. The third-order valence-electron chi connectivity index (χ3n) is 9.29. The molecule has 0 radical (unpaired) electrons. The van der Waals surface area contributed by atoms with Crippen LogP contribution in [-0.4, -0.2) is 12.6 Å². The van der Waals surface area contributed by atoms with E-state index in [1.165, 1.54) is 33.8 Å². The van der Waals surface area contributed by atoms with Crippen molar-refractivity contribution in [1.29, 1.82) is 21.0 Å². The van der Waals surface area contributed by atoms with E-state index in [-0.39, 0.29) is 30.1 Å². The molecule has 7 rings (SSSR count). The van der Waals surface area contributed by atoms with Crippen molar-refractivity contribution in [3.05, 3.63) is 152 Å². The van der Waals surface area contributed by atoms with Crippen molar-refractivity contribution in [3.8, 4) is 34.7 Å². The molecule has 2 heterocycles. The Hall–Kier alpha value is -7.01. The van der Waals surface area contributed by atoms with Gasteiger partial charge in [0.25, 0.3) is 0 Å². The van der Waals surface area contributed by atoms with Gasteiger partial charge in [-0.05, 0) is 91.6 Å². The van der Waals surface area contributed by atoms with Crippen LogP contribution in [0.4, 0.5) is 17.1 Å². The number of nitriles is 4. The summed E-state index contributed by atoms with van der Waals surface area (Å²) in [4.78, 5) is 17.4. The van der Waals surface area contributed by atoms with Crippen LogP contribution in [0.25, 0.3) is 37.7 Å². The first-order valence-electron chi connectivity index (χ1n) is 17.4. The van der Waals surface area contributed by atoms with Crippen molar-refractivity contribution in [3.63, 3.8) is 0 Å². The first kappa shape index (κ1) is 36.4. The third-order valence-corrected chi connectivity index (χ3v) is 11.8. The molecule has 7 nitrogen and oxygen atoms in total. The number of rotatable bonds is 8. The average molecular weight is 750 g/mol. The van der Waals surface area contributed by atoms with Crippen LogP contribution in [0, 0.1) is 59.2 Å². The summed E-state index contributed by atoms with van der Waals surface area (Å²) in [6.45, 7) is 6.20. The Morgan fingerprint density at radius 3 is 1.67 bits per heavy atom. The molecule has 264 valence electrons. The van der Waals surface area contributed by atoms with Crippen molar-refractivity contribution >= 4 is 73.0 Å². The van der Waals surface area contributed by atoms with Crippen LogP contribution in [0.1, 0.15) is 38.9 Å². The van der Waals surface area contributed by atoms with Gasteiger partial charge in [-0.15, -0.1) is 22.7 Å². The standard InChI is InChI=1S/C46H31N5O2S2/c1-4-53-42(52)22-36-21-40-45(30-13-19-35(20-14-30)51(33-15-9-28(2)10-16-33)34-17-11-29(3)12-18-34)55-41(46(40)54-36)23-39-43(31(24-47)25-48)37-7-5-6-8-38(37)44(39)32(26-49)27-50/h5-21,23H,4,22H2,1-3H3. The fourth-order valence-electron chi connectivity index (χ4n) is 6.77. The summed E-state index contributed by atoms with van der Waals surface area (Å²) in [5.74, 6) is -0.324. The number of nitrogens with zero attached hydrogens (tertiary/aromatic N) is 5. The van der Waals surface area contributed by atoms with Crippen molar-refractivity contribution < 1.29 is 9.53 Å². The number of aryl methyl sites for hydroxylation is 2. The van der Waals surface area contributed by atoms with Gasteiger partial charge in [0.15, 0.2) is 0 Å². The van der Waals surface area contributed by atoms with Crippen LogP contribution in [0.3, 0.4) is 0 Å². The van der Waals surface area contributed by atoms with Gasteiger partial charge >= 0.3 is 5.97 Å². The Morgan fingerprint density at radius 1 is 0.709 bits per heavy atom. The number of anilines is 3. The van der Waals surface area contributed by atoms with Crippen LogP contribution in [0.15, 0.2) is 120 Å². The SMILES string of the molecule is CCOC(=O)Cc1cc2c(-c3ccc(N(c4ccc(C)cc4)c4ccc(C)cc4)cc3)sc(C=C3C(=C(C#N)C#N)c4ccccc4C3=C(C#N)C#N)c2s1. The Morgan fingerprint density at radius 2 is 1.20 bits per heavy atom. The molecule has 4 aromatic carbocycles. The normalized spacial score (nSPS) is 11.6. The molecular formula is C46H31N5O2S2. The quantitative estimate of drug-likeness (QED) is 0.112. The highest BCUT2D eigenvalue weighted by atomic mass is 32.1. The molecule has 1 aliphatic rings. The van der Waals surface area contributed by atoms with Crippen LogP contribution < -0.4 is 4.90 Å². The van der Waals surface area contributed by atoms with E-state index in [1.54, 1.807) is 31.2 Å². The summed E-state index contributed by atoms with van der Waals surface area (Å²) in [5, 5.41) is 41.2. The molecule has 0 saturated heterocycles. The highest BCUT2D eigenvalue weighted by Gasteiger charge is 2.32. The van der Waals surface area contributed by atoms with E-state index in [0.717, 1.165) is 47.3 Å². The minimum Gasteiger partial charge on any atom is -0.466 e. The van der Waals surface area contributed by atoms with Crippen LogP contribution in [0.5, 0.6) is 0 Å². The molecule has 0 unspecified atom stereocenters. The summed E-state index contributed by atoms with van der Waals surface area (Å²) in [6.07, 6.45) is 1.98. The van der Waals surface area contributed by atoms with E-state index in [4.69, 9.17) is 4.74 Å². The molecule has 55 heavy (non-hydrogen) atoms. The van der Waals surface area contributed by atoms with Gasteiger partial charge in [0.2, 0.25) is 0 Å². The molecule has 0 fully saturated rings. The van der Waals surface area contributed by atoms with Gasteiger partial charge in [-0.3, -0.25) is 4.79 Å². The Bertz CT molecular complexity index is 2610. The maximum atomic E-state index is 12.6. The Kier molecular flexibility index (Phi) is 10.3. The lowest BCUT2D eigenvalue weighted by atomic mass is 9.96. The number of ether oxygens (including phenoxy) is 1. The fraction of sp³-hybridized carbons (Fsp3) is 0.109. The number of allylic oxidation sites excluding steroid dienone is 5. The van der Waals surface area contributed by atoms with Crippen LogP contribution in [0.2, 0.25) is 0 Å². The maximum absolute atomic E-state index is 12.6. The van der Waals surface area contributed by atoms with Crippen molar-refractivity contribution in [2.24, 2.45) is 0 Å². The molecule has 0 aliphatic heterocycles. The first-order chi connectivity index (χ1) is 26.8. The topological polar surface area (TPSA) is 125 Å². The van der Waals surface area contributed by atoms with Gasteiger partial charge < -0.3 is 9.64 Å². The lowest BCUT2D eigenvalue weighted by molar-refractivity contribution is -0.142. The second-order valence-corrected chi connectivity index (χ2v) is 15.0. The van der Waals surface area contributed by atoms with Crippen molar-refractivity contribution in [2.75, 3.05) is 11.5 Å². The summed E-state index contributed by atoms with van der Waals surface area (Å²) in [7, 11) is 0. The molecule has 1 aliphatic carbocycles. The van der Waals surface area contributed by atoms with Crippen molar-refractivity contribution in [1.82, 2.24) is 0 Å². The molecule has 0 N–H and O–H groups in total. The minimum absolute atomic E-state index is 0.107. The molecule has 6 aromatic rings. The van der Waals surface area contributed by atoms with Gasteiger partial charge in [0.1, 0.15) is 35.4 Å². The molecule has 2 aromatic heterocycles. The maximum Gasteiger partial charge on any atom is 0.311 e. The average Bonchev–Trinajstić information content (AvgIpc) is 3.86. The Balaban J connectivity index is 1.42. The second-order valence-electron chi connectivity index (χ2n) is 12.8. The summed E-state index contributed by atoms with van der Waals surface area (Å²) in [6, 6.07) is 42.6. The third kappa shape index (κ3) is 6.95. The zero-order valence-corrected chi connectivity index (χ0v) is 31.8. The monoisotopic (exact) mass is 749 g/mol. The van der Waals surface area contributed by atoms with Gasteiger partial charge in [0.05, 0.1) is 17.7 Å². The molecule has 9 heteroatoms. The molecule has 0 atom stereocenters. The molecule has 0 amide bonds. The molecule has 0 saturated carbocycles. The molecule has 0 bridgehead atoms. The highest BCUT2D eigenvalue weighted by molar-refractivity contribution is 7.26. The lowest BCUT2D eigenvalue weighted by Gasteiger charge is -2.26. The number of thiophene rings is 2. The smallest absolute Gasteiger partial charge is 0.311 e. The first-order valence-corrected chi connectivity index (χ1v) is 19.1. The summed E-state index contributed by atoms with van der Waals surface area (Å²) in [5.41, 5.74) is 8.54. The predicted octanol–water partition coefficient (Wildman–Crippen LogP) is 11.5. The highest BCUT2D eigenvalue weighted by Crippen LogP contribution is 2.51. The van der Waals surface area contributed by atoms with Gasteiger partial charge in [0, 0.05) is 48.2 Å². The number of hydrogen-bond acceptors (Lipinski definition) is 9. The van der Waals surface area contributed by atoms with Crippen molar-refractivity contribution in [2.45, 2.75) is 27.2 Å². The predicted molar refractivity (Wildman–Crippen MR) is 220 cm³/mol. The molecule has 0 spiro atoms. The largest absolute Gasteiger partial charge is 0.466 e. The van der Waals surface area contributed by atoms with Crippen LogP contribution >= 0.6 is 22.7 Å². The van der Waals surface area contributed by atoms with E-state index in [2.05, 4.69) is 91.5 Å². The van der Waals surface area contributed by atoms with E-state index in [0.29, 0.717) is 27.8 Å². The van der Waals surface area contributed by atoms with E-state index in [1.807, 2.05) is 36.4 Å². The zero-order chi connectivity index (χ0) is 38.6. The number of carbonyl (C=O) groups excluding carboxylic acids is 1. The fourth-order valence-corrected chi connectivity index (χ4v) is 9.27. The summed E-state index contributed by atoms with van der Waals surface area (Å²) >= 11 is 3.00. The number of fused-ring (bicyclic) bond motifs is 2. The van der Waals surface area contributed by atoms with E-state index >= 15 is 0 Å². The Labute approximate surface area is 327 Å². The number of benzene rings is 4. The lowest BCUT2D eigenvalue weighted by Crippen LogP contribution is -2.09. The van der Waals surface area contributed by atoms with Gasteiger partial charge in [-0.1, -0.05) is 71.8 Å². The number of carbonyl (C=O) groups is 1.